The molecule has 24 heavy (non-hydrogen) atoms. The summed E-state index contributed by atoms with van der Waals surface area (Å²) in [5, 5.41) is 16.8. The molecule has 8 heteroatoms. The fourth-order valence-electron chi connectivity index (χ4n) is 2.01. The van der Waals surface area contributed by atoms with Crippen molar-refractivity contribution in [1.82, 2.24) is 0 Å². The summed E-state index contributed by atoms with van der Waals surface area (Å²) in [6.45, 7) is 1.39. The number of amides is 1. The van der Waals surface area contributed by atoms with Gasteiger partial charge >= 0.3 is 0 Å². The molecule has 0 bridgehead atoms. The van der Waals surface area contributed by atoms with Gasteiger partial charge in [-0.2, -0.15) is 0 Å². The maximum Gasteiger partial charge on any atom is 0.270 e. The van der Waals surface area contributed by atoms with Crippen LogP contribution in [0.3, 0.4) is 0 Å². The van der Waals surface area contributed by atoms with E-state index in [2.05, 4.69) is 10.6 Å². The van der Waals surface area contributed by atoms with Crippen LogP contribution in [0.2, 0.25) is 5.02 Å². The molecular formula is C16H17ClN4O3. The van der Waals surface area contributed by atoms with Crippen molar-refractivity contribution in [1.29, 1.82) is 0 Å². The van der Waals surface area contributed by atoms with E-state index in [-0.39, 0.29) is 16.3 Å². The normalized spacial score (nSPS) is 10.2. The highest BCUT2D eigenvalue weighted by molar-refractivity contribution is 6.34. The van der Waals surface area contributed by atoms with Gasteiger partial charge in [-0.25, -0.2) is 0 Å². The van der Waals surface area contributed by atoms with Crippen LogP contribution in [-0.4, -0.2) is 23.9 Å². The number of nitrogens with zero attached hydrogens (tertiary/aromatic N) is 1. The largest absolute Gasteiger partial charge is 0.385 e. The van der Waals surface area contributed by atoms with E-state index in [0.29, 0.717) is 12.2 Å². The van der Waals surface area contributed by atoms with Crippen LogP contribution in [0.4, 0.5) is 17.1 Å². The van der Waals surface area contributed by atoms with Crippen molar-refractivity contribution in [2.45, 2.75) is 6.42 Å². The molecule has 0 saturated carbocycles. The van der Waals surface area contributed by atoms with Crippen molar-refractivity contribution in [2.24, 2.45) is 5.73 Å². The van der Waals surface area contributed by atoms with Crippen LogP contribution < -0.4 is 16.4 Å². The molecule has 2 rings (SSSR count). The van der Waals surface area contributed by atoms with Crippen molar-refractivity contribution in [3.05, 3.63) is 63.2 Å². The van der Waals surface area contributed by atoms with E-state index in [9.17, 15) is 14.9 Å². The van der Waals surface area contributed by atoms with Gasteiger partial charge in [-0.3, -0.25) is 14.9 Å². The van der Waals surface area contributed by atoms with E-state index in [0.717, 1.165) is 24.7 Å². The Hall–Kier alpha value is -2.64. The summed E-state index contributed by atoms with van der Waals surface area (Å²) in [7, 11) is 0. The molecule has 0 atom stereocenters. The standard InChI is InChI=1S/C16H17ClN4O3/c17-15-7-6-13(21(23)24)10-14(15)16(22)20-12-4-2-11(3-5-12)19-9-1-8-18/h2-7,10,19H,1,8-9,18H2,(H,20,22). The Morgan fingerprint density at radius 3 is 2.46 bits per heavy atom. The zero-order valence-electron chi connectivity index (χ0n) is 12.8. The summed E-state index contributed by atoms with van der Waals surface area (Å²) in [5.41, 5.74) is 6.76. The lowest BCUT2D eigenvalue weighted by atomic mass is 10.1. The van der Waals surface area contributed by atoms with Crippen LogP contribution in [0.25, 0.3) is 0 Å². The lowest BCUT2D eigenvalue weighted by Crippen LogP contribution is -2.13. The van der Waals surface area contributed by atoms with Gasteiger partial charge in [-0.05, 0) is 43.3 Å². The van der Waals surface area contributed by atoms with Crippen LogP contribution >= 0.6 is 11.6 Å². The van der Waals surface area contributed by atoms with Gasteiger partial charge < -0.3 is 16.4 Å². The van der Waals surface area contributed by atoms with Crippen LogP contribution in [0.5, 0.6) is 0 Å². The first-order valence-electron chi connectivity index (χ1n) is 7.30. The Balaban J connectivity index is 2.07. The Labute approximate surface area is 144 Å². The summed E-state index contributed by atoms with van der Waals surface area (Å²) >= 11 is 5.95. The number of hydrogen-bond acceptors (Lipinski definition) is 5. The van der Waals surface area contributed by atoms with Crippen LogP contribution in [0.15, 0.2) is 42.5 Å². The number of nitro benzene ring substituents is 1. The third kappa shape index (κ3) is 4.68. The third-order valence-corrected chi connectivity index (χ3v) is 3.59. The maximum atomic E-state index is 12.3. The van der Waals surface area contributed by atoms with Crippen molar-refractivity contribution >= 4 is 34.6 Å². The summed E-state index contributed by atoms with van der Waals surface area (Å²) in [6.07, 6.45) is 0.865. The number of carbonyl (C=O) groups is 1. The minimum absolute atomic E-state index is 0.0519. The SMILES string of the molecule is NCCCNc1ccc(NC(=O)c2cc([N+](=O)[O-])ccc2Cl)cc1. The molecule has 2 aromatic rings. The molecule has 0 fully saturated rings. The molecular weight excluding hydrogens is 332 g/mol. The second-order valence-corrected chi connectivity index (χ2v) is 5.43. The van der Waals surface area contributed by atoms with E-state index in [4.69, 9.17) is 17.3 Å². The van der Waals surface area contributed by atoms with E-state index < -0.39 is 10.8 Å². The van der Waals surface area contributed by atoms with Crippen LogP contribution in [0.1, 0.15) is 16.8 Å². The van der Waals surface area contributed by atoms with Gasteiger partial charge in [0.15, 0.2) is 0 Å². The molecule has 0 heterocycles. The minimum atomic E-state index is -0.574. The molecule has 1 amide bonds. The number of carbonyl (C=O) groups excluding carboxylic acids is 1. The molecule has 126 valence electrons. The van der Waals surface area contributed by atoms with Gasteiger partial charge in [0.2, 0.25) is 0 Å². The Kier molecular flexibility index (Phi) is 6.11. The minimum Gasteiger partial charge on any atom is -0.385 e. The summed E-state index contributed by atoms with van der Waals surface area (Å²) < 4.78 is 0. The highest BCUT2D eigenvalue weighted by atomic mass is 35.5. The number of nitrogens with two attached hydrogens (primary N) is 1. The van der Waals surface area contributed by atoms with Crippen molar-refractivity contribution in [2.75, 3.05) is 23.7 Å². The number of halogens is 1. The van der Waals surface area contributed by atoms with E-state index in [1.54, 1.807) is 12.1 Å². The molecule has 0 saturated heterocycles. The predicted molar refractivity (Wildman–Crippen MR) is 94.7 cm³/mol. The fourth-order valence-corrected chi connectivity index (χ4v) is 2.21. The first-order valence-corrected chi connectivity index (χ1v) is 7.68. The Morgan fingerprint density at radius 1 is 1.17 bits per heavy atom. The topological polar surface area (TPSA) is 110 Å². The second-order valence-electron chi connectivity index (χ2n) is 5.02. The molecule has 0 unspecified atom stereocenters. The summed E-state index contributed by atoms with van der Waals surface area (Å²) in [6, 6.07) is 10.8. The van der Waals surface area contributed by atoms with Gasteiger partial charge in [-0.15, -0.1) is 0 Å². The number of rotatable bonds is 7. The Morgan fingerprint density at radius 2 is 1.83 bits per heavy atom. The third-order valence-electron chi connectivity index (χ3n) is 3.26. The summed E-state index contributed by atoms with van der Waals surface area (Å²) in [5.74, 6) is -0.507. The zero-order chi connectivity index (χ0) is 17.5. The second kappa shape index (κ2) is 8.28. The average Bonchev–Trinajstić information content (AvgIpc) is 2.56. The highest BCUT2D eigenvalue weighted by Crippen LogP contribution is 2.23. The van der Waals surface area contributed by atoms with E-state index in [1.807, 2.05) is 12.1 Å². The van der Waals surface area contributed by atoms with Gasteiger partial charge in [0, 0.05) is 30.1 Å². The molecule has 0 aromatic heterocycles. The molecule has 2 aromatic carbocycles. The zero-order valence-corrected chi connectivity index (χ0v) is 13.5. The maximum absolute atomic E-state index is 12.3. The number of anilines is 2. The number of non-ortho nitro benzene ring substituents is 1. The molecule has 0 radical (unpaired) electrons. The molecule has 4 N–H and O–H groups in total. The monoisotopic (exact) mass is 348 g/mol. The fraction of sp³-hybridized carbons (Fsp3) is 0.188. The van der Waals surface area contributed by atoms with Crippen molar-refractivity contribution in [3.8, 4) is 0 Å². The van der Waals surface area contributed by atoms with Gasteiger partial charge in [0.25, 0.3) is 11.6 Å². The van der Waals surface area contributed by atoms with E-state index in [1.165, 1.54) is 12.1 Å². The Bertz CT molecular complexity index is 735. The quantitative estimate of drug-likeness (QED) is 0.404. The van der Waals surface area contributed by atoms with Crippen molar-refractivity contribution < 1.29 is 9.72 Å². The van der Waals surface area contributed by atoms with Gasteiger partial charge in [-0.1, -0.05) is 11.6 Å². The molecule has 0 spiro atoms. The number of benzene rings is 2. The number of hydrogen-bond donors (Lipinski definition) is 3. The smallest absolute Gasteiger partial charge is 0.270 e. The van der Waals surface area contributed by atoms with Crippen LogP contribution in [0, 0.1) is 10.1 Å². The average molecular weight is 349 g/mol. The molecule has 0 aliphatic heterocycles. The van der Waals surface area contributed by atoms with Gasteiger partial charge in [0.05, 0.1) is 15.5 Å². The lowest BCUT2D eigenvalue weighted by Gasteiger charge is -2.09. The van der Waals surface area contributed by atoms with E-state index >= 15 is 0 Å². The highest BCUT2D eigenvalue weighted by Gasteiger charge is 2.16. The first-order chi connectivity index (χ1) is 11.5. The lowest BCUT2D eigenvalue weighted by molar-refractivity contribution is -0.384. The van der Waals surface area contributed by atoms with Crippen molar-refractivity contribution in [3.63, 3.8) is 0 Å². The number of nitro groups is 1. The number of nitrogens with one attached hydrogen (secondary N) is 2. The molecule has 0 aliphatic rings. The predicted octanol–water partition coefficient (Wildman–Crippen LogP) is 3.26. The van der Waals surface area contributed by atoms with Gasteiger partial charge in [0.1, 0.15) is 0 Å². The van der Waals surface area contributed by atoms with Crippen LogP contribution in [-0.2, 0) is 0 Å². The molecule has 7 nitrogen and oxygen atoms in total. The summed E-state index contributed by atoms with van der Waals surface area (Å²) in [4.78, 5) is 22.5. The molecule has 0 aliphatic carbocycles. The first kappa shape index (κ1) is 17.7.